The Labute approximate surface area is 94.6 Å². The van der Waals surface area contributed by atoms with Gasteiger partial charge in [-0.05, 0) is 40.2 Å². The van der Waals surface area contributed by atoms with Gasteiger partial charge in [-0.2, -0.15) is 5.10 Å². The summed E-state index contributed by atoms with van der Waals surface area (Å²) in [5.41, 5.74) is 6.68. The molecule has 0 atom stereocenters. The predicted molar refractivity (Wildman–Crippen MR) is 60.7 cm³/mol. The smallest absolute Gasteiger partial charge is 0.141 e. The first kappa shape index (κ1) is 9.55. The Bertz CT molecular complexity index is 450. The van der Waals surface area contributed by atoms with E-state index in [9.17, 15) is 0 Å². The van der Waals surface area contributed by atoms with Gasteiger partial charge >= 0.3 is 0 Å². The molecule has 1 heterocycles. The minimum absolute atomic E-state index is 0.576. The summed E-state index contributed by atoms with van der Waals surface area (Å²) in [7, 11) is 0. The van der Waals surface area contributed by atoms with Crippen LogP contribution in [0, 0.1) is 0 Å². The first-order valence-corrected chi connectivity index (χ1v) is 5.10. The third-order valence-corrected chi connectivity index (χ3v) is 2.69. The standard InChI is InChI=1S/C9H7BrClN3/c10-8-5-13-14(9(8)12)7-3-1-6(11)2-4-7/h1-5H,12H2. The van der Waals surface area contributed by atoms with Gasteiger partial charge in [0.2, 0.25) is 0 Å². The molecule has 0 saturated carbocycles. The van der Waals surface area contributed by atoms with Crippen molar-refractivity contribution in [2.45, 2.75) is 0 Å². The minimum atomic E-state index is 0.576. The lowest BCUT2D eigenvalue weighted by Gasteiger charge is -2.03. The zero-order valence-electron chi connectivity index (χ0n) is 7.11. The molecule has 0 fully saturated rings. The van der Waals surface area contributed by atoms with Crippen LogP contribution in [0.25, 0.3) is 5.69 Å². The number of rotatable bonds is 1. The fourth-order valence-corrected chi connectivity index (χ4v) is 1.51. The highest BCUT2D eigenvalue weighted by Gasteiger charge is 2.05. The molecule has 0 bridgehead atoms. The Hall–Kier alpha value is -1.00. The Morgan fingerprint density at radius 2 is 1.93 bits per heavy atom. The summed E-state index contributed by atoms with van der Waals surface area (Å²) in [6.45, 7) is 0. The molecule has 2 N–H and O–H groups in total. The molecular weight excluding hydrogens is 265 g/mol. The summed E-state index contributed by atoms with van der Waals surface area (Å²) >= 11 is 9.07. The molecule has 0 aliphatic heterocycles. The number of hydrogen-bond donors (Lipinski definition) is 1. The first-order valence-electron chi connectivity index (χ1n) is 3.93. The van der Waals surface area contributed by atoms with Gasteiger partial charge in [0.05, 0.1) is 16.4 Å². The molecule has 2 aromatic rings. The second-order valence-corrected chi connectivity index (χ2v) is 4.06. The van der Waals surface area contributed by atoms with Crippen LogP contribution in [0.1, 0.15) is 0 Å². The molecule has 1 aromatic carbocycles. The predicted octanol–water partition coefficient (Wildman–Crippen LogP) is 2.87. The van der Waals surface area contributed by atoms with E-state index in [0.717, 1.165) is 10.2 Å². The Kier molecular flexibility index (Phi) is 2.48. The van der Waals surface area contributed by atoms with E-state index < -0.39 is 0 Å². The minimum Gasteiger partial charge on any atom is -0.383 e. The van der Waals surface area contributed by atoms with Crippen LogP contribution in [0.3, 0.4) is 0 Å². The number of aromatic nitrogens is 2. The highest BCUT2D eigenvalue weighted by molar-refractivity contribution is 9.10. The van der Waals surface area contributed by atoms with E-state index in [1.165, 1.54) is 0 Å². The monoisotopic (exact) mass is 271 g/mol. The van der Waals surface area contributed by atoms with Crippen molar-refractivity contribution in [2.75, 3.05) is 5.73 Å². The van der Waals surface area contributed by atoms with Gasteiger partial charge < -0.3 is 5.73 Å². The van der Waals surface area contributed by atoms with E-state index in [1.807, 2.05) is 12.1 Å². The first-order chi connectivity index (χ1) is 6.68. The summed E-state index contributed by atoms with van der Waals surface area (Å²) in [6.07, 6.45) is 1.66. The topological polar surface area (TPSA) is 43.8 Å². The molecule has 1 aromatic heterocycles. The highest BCUT2D eigenvalue weighted by Crippen LogP contribution is 2.22. The molecule has 0 radical (unpaired) electrons. The quantitative estimate of drug-likeness (QED) is 0.867. The van der Waals surface area contributed by atoms with Crippen LogP contribution in [-0.2, 0) is 0 Å². The normalized spacial score (nSPS) is 10.4. The van der Waals surface area contributed by atoms with Crippen LogP contribution in [-0.4, -0.2) is 9.78 Å². The molecule has 0 aliphatic carbocycles. The lowest BCUT2D eigenvalue weighted by atomic mass is 10.3. The van der Waals surface area contributed by atoms with Gasteiger partial charge in [-0.3, -0.25) is 0 Å². The molecule has 72 valence electrons. The van der Waals surface area contributed by atoms with E-state index in [1.54, 1.807) is 23.0 Å². The lowest BCUT2D eigenvalue weighted by molar-refractivity contribution is 0.891. The molecule has 2 rings (SSSR count). The fourth-order valence-electron chi connectivity index (χ4n) is 1.13. The number of anilines is 1. The van der Waals surface area contributed by atoms with E-state index in [0.29, 0.717) is 10.8 Å². The zero-order chi connectivity index (χ0) is 10.1. The van der Waals surface area contributed by atoms with E-state index >= 15 is 0 Å². The molecule has 3 nitrogen and oxygen atoms in total. The van der Waals surface area contributed by atoms with Gasteiger partial charge in [-0.15, -0.1) is 0 Å². The second-order valence-electron chi connectivity index (χ2n) is 2.77. The summed E-state index contributed by atoms with van der Waals surface area (Å²) in [5, 5.41) is 4.81. The van der Waals surface area contributed by atoms with Crippen LogP contribution >= 0.6 is 27.5 Å². The summed E-state index contributed by atoms with van der Waals surface area (Å²) in [4.78, 5) is 0. The van der Waals surface area contributed by atoms with Gasteiger partial charge in [-0.1, -0.05) is 11.6 Å². The molecule has 0 amide bonds. The molecular formula is C9H7BrClN3. The number of nitrogens with two attached hydrogens (primary N) is 1. The third-order valence-electron chi connectivity index (χ3n) is 1.83. The summed E-state index contributed by atoms with van der Waals surface area (Å²) < 4.78 is 2.42. The second kappa shape index (κ2) is 3.63. The Morgan fingerprint density at radius 3 is 2.43 bits per heavy atom. The van der Waals surface area contributed by atoms with Crippen LogP contribution in [0.2, 0.25) is 5.02 Å². The van der Waals surface area contributed by atoms with Crippen molar-refractivity contribution in [1.29, 1.82) is 0 Å². The third kappa shape index (κ3) is 1.63. The maximum Gasteiger partial charge on any atom is 0.141 e. The molecule has 14 heavy (non-hydrogen) atoms. The Morgan fingerprint density at radius 1 is 1.29 bits per heavy atom. The van der Waals surface area contributed by atoms with Gasteiger partial charge in [-0.25, -0.2) is 4.68 Å². The van der Waals surface area contributed by atoms with E-state index in [4.69, 9.17) is 17.3 Å². The van der Waals surface area contributed by atoms with Gasteiger partial charge in [0.1, 0.15) is 5.82 Å². The summed E-state index contributed by atoms with van der Waals surface area (Å²) in [6, 6.07) is 7.31. The molecule has 5 heteroatoms. The molecule has 0 spiro atoms. The zero-order valence-corrected chi connectivity index (χ0v) is 9.46. The average molecular weight is 273 g/mol. The molecule has 0 unspecified atom stereocenters. The van der Waals surface area contributed by atoms with Crippen LogP contribution < -0.4 is 5.73 Å². The van der Waals surface area contributed by atoms with Crippen LogP contribution in [0.4, 0.5) is 5.82 Å². The van der Waals surface area contributed by atoms with Crippen molar-refractivity contribution in [1.82, 2.24) is 9.78 Å². The number of nitrogen functional groups attached to an aromatic ring is 1. The lowest BCUT2D eigenvalue weighted by Crippen LogP contribution is -2.01. The van der Waals surface area contributed by atoms with Crippen LogP contribution in [0.15, 0.2) is 34.9 Å². The Balaban J connectivity index is 2.49. The van der Waals surface area contributed by atoms with Crippen molar-refractivity contribution in [3.8, 4) is 5.69 Å². The van der Waals surface area contributed by atoms with E-state index in [-0.39, 0.29) is 0 Å². The highest BCUT2D eigenvalue weighted by atomic mass is 79.9. The summed E-state index contributed by atoms with van der Waals surface area (Å²) in [5.74, 6) is 0.576. The van der Waals surface area contributed by atoms with Gasteiger partial charge in [0.15, 0.2) is 0 Å². The largest absolute Gasteiger partial charge is 0.383 e. The van der Waals surface area contributed by atoms with E-state index in [2.05, 4.69) is 21.0 Å². The van der Waals surface area contributed by atoms with Crippen molar-refractivity contribution in [3.05, 3.63) is 40.0 Å². The number of nitrogens with zero attached hydrogens (tertiary/aromatic N) is 2. The van der Waals surface area contributed by atoms with Gasteiger partial charge in [0, 0.05) is 5.02 Å². The maximum absolute atomic E-state index is 5.79. The van der Waals surface area contributed by atoms with Crippen molar-refractivity contribution < 1.29 is 0 Å². The molecule has 0 saturated heterocycles. The molecule has 0 aliphatic rings. The van der Waals surface area contributed by atoms with Crippen molar-refractivity contribution in [2.24, 2.45) is 0 Å². The maximum atomic E-state index is 5.79. The van der Waals surface area contributed by atoms with Crippen LogP contribution in [0.5, 0.6) is 0 Å². The van der Waals surface area contributed by atoms with Gasteiger partial charge in [0.25, 0.3) is 0 Å². The van der Waals surface area contributed by atoms with Crippen molar-refractivity contribution in [3.63, 3.8) is 0 Å². The number of halogens is 2. The number of hydrogen-bond acceptors (Lipinski definition) is 2. The number of benzene rings is 1. The van der Waals surface area contributed by atoms with Crippen molar-refractivity contribution >= 4 is 33.3 Å². The SMILES string of the molecule is Nc1c(Br)cnn1-c1ccc(Cl)cc1. The fraction of sp³-hybridized carbons (Fsp3) is 0. The average Bonchev–Trinajstić information content (AvgIpc) is 2.50.